The fourth-order valence-corrected chi connectivity index (χ4v) is 2.76. The highest BCUT2D eigenvalue weighted by Crippen LogP contribution is 2.33. The van der Waals surface area contributed by atoms with Crippen LogP contribution in [0, 0.1) is 0 Å². The minimum absolute atomic E-state index is 0.0998. The van der Waals surface area contributed by atoms with E-state index in [-0.39, 0.29) is 17.6 Å². The third-order valence-corrected chi connectivity index (χ3v) is 3.87. The smallest absolute Gasteiger partial charge is 0.316 e. The van der Waals surface area contributed by atoms with Crippen molar-refractivity contribution in [3.63, 3.8) is 0 Å². The maximum Gasteiger partial charge on any atom is 0.316 e. The SMILES string of the molecule is CCOC(=O)CSc1ncc(OC)c(Oc2cc(Cl)cc(Cl)c2)n1. The average molecular weight is 389 g/mol. The summed E-state index contributed by atoms with van der Waals surface area (Å²) >= 11 is 13.0. The molecule has 0 amide bonds. The summed E-state index contributed by atoms with van der Waals surface area (Å²) in [5.41, 5.74) is 0. The lowest BCUT2D eigenvalue weighted by atomic mass is 10.3. The van der Waals surface area contributed by atoms with Gasteiger partial charge in [-0.1, -0.05) is 35.0 Å². The van der Waals surface area contributed by atoms with Crippen LogP contribution in [0.3, 0.4) is 0 Å². The Balaban J connectivity index is 2.17. The van der Waals surface area contributed by atoms with E-state index in [0.29, 0.717) is 33.3 Å². The van der Waals surface area contributed by atoms with E-state index in [2.05, 4.69) is 9.97 Å². The number of hydrogen-bond acceptors (Lipinski definition) is 7. The van der Waals surface area contributed by atoms with Crippen LogP contribution in [0.25, 0.3) is 0 Å². The second-order valence-corrected chi connectivity index (χ2v) is 6.14. The first-order valence-electron chi connectivity index (χ1n) is 6.85. The van der Waals surface area contributed by atoms with E-state index < -0.39 is 0 Å². The number of aromatic nitrogens is 2. The van der Waals surface area contributed by atoms with Gasteiger partial charge in [-0.05, 0) is 25.1 Å². The molecule has 1 aromatic carbocycles. The summed E-state index contributed by atoms with van der Waals surface area (Å²) in [6.07, 6.45) is 1.46. The molecule has 6 nitrogen and oxygen atoms in total. The quantitative estimate of drug-likeness (QED) is 0.399. The van der Waals surface area contributed by atoms with Crippen molar-refractivity contribution in [1.29, 1.82) is 0 Å². The predicted octanol–water partition coefficient (Wildman–Crippen LogP) is 4.24. The van der Waals surface area contributed by atoms with Gasteiger partial charge in [-0.3, -0.25) is 4.79 Å². The molecule has 0 atom stereocenters. The Bertz CT molecular complexity index is 710. The Morgan fingerprint density at radius 2 is 1.96 bits per heavy atom. The minimum Gasteiger partial charge on any atom is -0.490 e. The molecule has 0 radical (unpaired) electrons. The molecule has 0 aliphatic heterocycles. The van der Waals surface area contributed by atoms with Crippen LogP contribution >= 0.6 is 35.0 Å². The number of carbonyl (C=O) groups excluding carboxylic acids is 1. The predicted molar refractivity (Wildman–Crippen MR) is 92.5 cm³/mol. The molecule has 24 heavy (non-hydrogen) atoms. The number of methoxy groups -OCH3 is 1. The van der Waals surface area contributed by atoms with Crippen LogP contribution in [0.1, 0.15) is 6.92 Å². The Kier molecular flexibility index (Phi) is 6.96. The van der Waals surface area contributed by atoms with Gasteiger partial charge in [0.15, 0.2) is 10.9 Å². The molecule has 0 aliphatic rings. The lowest BCUT2D eigenvalue weighted by Gasteiger charge is -2.10. The number of halogens is 2. The number of esters is 1. The summed E-state index contributed by atoms with van der Waals surface area (Å²) < 4.78 is 15.7. The van der Waals surface area contributed by atoms with Crippen molar-refractivity contribution in [3.8, 4) is 17.4 Å². The molecular formula is C15H14Cl2N2O4S. The molecule has 0 saturated carbocycles. The summed E-state index contributed by atoms with van der Waals surface area (Å²) in [6, 6.07) is 4.79. The average Bonchev–Trinajstić information content (AvgIpc) is 2.52. The molecule has 1 aromatic heterocycles. The first-order chi connectivity index (χ1) is 11.5. The zero-order valence-corrected chi connectivity index (χ0v) is 15.2. The minimum atomic E-state index is -0.342. The molecule has 0 N–H and O–H groups in total. The Hall–Kier alpha value is -1.70. The van der Waals surface area contributed by atoms with Crippen LogP contribution < -0.4 is 9.47 Å². The molecule has 1 heterocycles. The van der Waals surface area contributed by atoms with Gasteiger partial charge in [-0.2, -0.15) is 4.98 Å². The maximum absolute atomic E-state index is 11.4. The fourth-order valence-electron chi connectivity index (χ4n) is 1.65. The molecule has 0 fully saturated rings. The number of carbonyl (C=O) groups is 1. The molecule has 0 saturated heterocycles. The summed E-state index contributed by atoms with van der Waals surface area (Å²) in [4.78, 5) is 19.8. The van der Waals surface area contributed by atoms with Gasteiger partial charge in [0, 0.05) is 10.0 Å². The van der Waals surface area contributed by atoms with Gasteiger partial charge in [-0.15, -0.1) is 0 Å². The molecule has 0 aliphatic carbocycles. The van der Waals surface area contributed by atoms with Gasteiger partial charge in [0.25, 0.3) is 5.88 Å². The van der Waals surface area contributed by atoms with Crippen molar-refractivity contribution in [1.82, 2.24) is 9.97 Å². The second kappa shape index (κ2) is 8.96. The summed E-state index contributed by atoms with van der Waals surface area (Å²) in [5.74, 6) is 0.698. The van der Waals surface area contributed by atoms with E-state index in [4.69, 9.17) is 37.4 Å². The first kappa shape index (κ1) is 18.6. The molecule has 0 unspecified atom stereocenters. The molecule has 2 rings (SSSR count). The zero-order valence-electron chi connectivity index (χ0n) is 12.9. The van der Waals surface area contributed by atoms with Crippen LogP contribution in [0.5, 0.6) is 17.4 Å². The fraction of sp³-hybridized carbons (Fsp3) is 0.267. The van der Waals surface area contributed by atoms with Gasteiger partial charge >= 0.3 is 5.97 Å². The summed E-state index contributed by atoms with van der Waals surface area (Å²) in [6.45, 7) is 2.07. The largest absolute Gasteiger partial charge is 0.490 e. The molecule has 9 heteroatoms. The Morgan fingerprint density at radius 1 is 1.25 bits per heavy atom. The van der Waals surface area contributed by atoms with E-state index in [1.807, 2.05) is 0 Å². The van der Waals surface area contributed by atoms with Gasteiger partial charge in [0.05, 0.1) is 25.7 Å². The van der Waals surface area contributed by atoms with E-state index in [1.165, 1.54) is 13.3 Å². The van der Waals surface area contributed by atoms with E-state index in [1.54, 1.807) is 25.1 Å². The number of rotatable bonds is 7. The first-order valence-corrected chi connectivity index (χ1v) is 8.59. The monoisotopic (exact) mass is 388 g/mol. The lowest BCUT2D eigenvalue weighted by molar-refractivity contribution is -0.139. The number of benzene rings is 1. The van der Waals surface area contributed by atoms with Crippen molar-refractivity contribution >= 4 is 40.9 Å². The topological polar surface area (TPSA) is 70.5 Å². The van der Waals surface area contributed by atoms with Gasteiger partial charge < -0.3 is 14.2 Å². The van der Waals surface area contributed by atoms with Crippen molar-refractivity contribution in [2.45, 2.75) is 12.1 Å². The second-order valence-electron chi connectivity index (χ2n) is 4.33. The van der Waals surface area contributed by atoms with E-state index in [0.717, 1.165) is 11.8 Å². The van der Waals surface area contributed by atoms with Crippen molar-refractivity contribution in [2.75, 3.05) is 19.5 Å². The third-order valence-electron chi connectivity index (χ3n) is 2.60. The third kappa shape index (κ3) is 5.43. The van der Waals surface area contributed by atoms with Crippen LogP contribution in [-0.4, -0.2) is 35.4 Å². The Morgan fingerprint density at radius 3 is 2.58 bits per heavy atom. The number of hydrogen-bond donors (Lipinski definition) is 0. The summed E-state index contributed by atoms with van der Waals surface area (Å²) in [5, 5.41) is 1.22. The number of ether oxygens (including phenoxy) is 3. The van der Waals surface area contributed by atoms with Crippen LogP contribution in [0.4, 0.5) is 0 Å². The van der Waals surface area contributed by atoms with Crippen molar-refractivity contribution in [3.05, 3.63) is 34.4 Å². The highest BCUT2D eigenvalue weighted by Gasteiger charge is 2.13. The zero-order chi connectivity index (χ0) is 17.5. The van der Waals surface area contributed by atoms with Gasteiger partial charge in [-0.25, -0.2) is 4.98 Å². The van der Waals surface area contributed by atoms with E-state index in [9.17, 15) is 4.79 Å². The van der Waals surface area contributed by atoms with Gasteiger partial charge in [0.2, 0.25) is 0 Å². The summed E-state index contributed by atoms with van der Waals surface area (Å²) in [7, 11) is 1.47. The normalized spacial score (nSPS) is 10.3. The number of thioether (sulfide) groups is 1. The highest BCUT2D eigenvalue weighted by molar-refractivity contribution is 7.99. The maximum atomic E-state index is 11.4. The molecule has 0 bridgehead atoms. The number of nitrogens with zero attached hydrogens (tertiary/aromatic N) is 2. The standard InChI is InChI=1S/C15H14Cl2N2O4S/c1-3-22-13(20)8-24-15-18-7-12(21-2)14(19-15)23-11-5-9(16)4-10(17)6-11/h4-7H,3,8H2,1-2H3. The molecule has 2 aromatic rings. The molecule has 128 valence electrons. The van der Waals surface area contributed by atoms with Crippen molar-refractivity contribution in [2.24, 2.45) is 0 Å². The van der Waals surface area contributed by atoms with Crippen LogP contribution in [0.15, 0.2) is 29.6 Å². The lowest BCUT2D eigenvalue weighted by Crippen LogP contribution is -2.07. The Labute approximate surface area is 153 Å². The molecular weight excluding hydrogens is 375 g/mol. The molecule has 0 spiro atoms. The van der Waals surface area contributed by atoms with Crippen LogP contribution in [-0.2, 0) is 9.53 Å². The van der Waals surface area contributed by atoms with Crippen LogP contribution in [0.2, 0.25) is 10.0 Å². The van der Waals surface area contributed by atoms with E-state index >= 15 is 0 Å². The highest BCUT2D eigenvalue weighted by atomic mass is 35.5. The van der Waals surface area contributed by atoms with Crippen molar-refractivity contribution < 1.29 is 19.0 Å². The van der Waals surface area contributed by atoms with Gasteiger partial charge in [0.1, 0.15) is 5.75 Å².